The van der Waals surface area contributed by atoms with Gasteiger partial charge in [0.05, 0.1) is 17.3 Å². The summed E-state index contributed by atoms with van der Waals surface area (Å²) in [5, 5.41) is 15.3. The second-order valence-corrected chi connectivity index (χ2v) is 6.17. The van der Waals surface area contributed by atoms with Crippen LogP contribution in [0.4, 0.5) is 5.69 Å². The van der Waals surface area contributed by atoms with Gasteiger partial charge in [-0.15, -0.1) is 0 Å². The lowest BCUT2D eigenvalue weighted by atomic mass is 9.95. The summed E-state index contributed by atoms with van der Waals surface area (Å²) in [7, 11) is 0. The van der Waals surface area contributed by atoms with Crippen LogP contribution in [0.1, 0.15) is 37.9 Å². The monoisotopic (exact) mass is 321 g/mol. The minimum Gasteiger partial charge on any atom is -0.324 e. The summed E-state index contributed by atoms with van der Waals surface area (Å²) in [5.74, 6) is 0.188. The topological polar surface area (TPSA) is 64.9 Å². The molecule has 24 heavy (non-hydrogen) atoms. The smallest absolute Gasteiger partial charge is 0.241 e. The van der Waals surface area contributed by atoms with E-state index in [9.17, 15) is 4.79 Å². The van der Waals surface area contributed by atoms with Crippen LogP contribution in [0.2, 0.25) is 0 Å². The maximum Gasteiger partial charge on any atom is 0.241 e. The molecule has 0 fully saturated rings. The number of rotatable bonds is 6. The lowest BCUT2D eigenvalue weighted by Crippen LogP contribution is -2.41. The number of carbonyl (C=O) groups is 1. The van der Waals surface area contributed by atoms with Gasteiger partial charge in [0, 0.05) is 6.04 Å². The summed E-state index contributed by atoms with van der Waals surface area (Å²) in [6.45, 7) is 6.09. The van der Waals surface area contributed by atoms with Gasteiger partial charge in [0.1, 0.15) is 6.07 Å². The van der Waals surface area contributed by atoms with Crippen molar-refractivity contribution in [2.75, 3.05) is 5.32 Å². The van der Waals surface area contributed by atoms with E-state index in [1.54, 1.807) is 24.3 Å². The zero-order valence-electron chi connectivity index (χ0n) is 14.3. The van der Waals surface area contributed by atoms with E-state index in [-0.39, 0.29) is 18.0 Å². The number of nitriles is 1. The Balaban J connectivity index is 2.08. The minimum atomic E-state index is -0.385. The van der Waals surface area contributed by atoms with Crippen molar-refractivity contribution in [3.63, 3.8) is 0 Å². The van der Waals surface area contributed by atoms with Crippen LogP contribution in [0.3, 0.4) is 0 Å². The van der Waals surface area contributed by atoms with E-state index < -0.39 is 0 Å². The molecule has 1 amide bonds. The van der Waals surface area contributed by atoms with Gasteiger partial charge in [0.2, 0.25) is 5.91 Å². The Labute approximate surface area is 143 Å². The number of anilines is 1. The molecular weight excluding hydrogens is 298 g/mol. The molecule has 0 unspecified atom stereocenters. The van der Waals surface area contributed by atoms with Crippen molar-refractivity contribution in [3.8, 4) is 6.07 Å². The number of benzene rings is 2. The van der Waals surface area contributed by atoms with Gasteiger partial charge in [-0.3, -0.25) is 10.1 Å². The van der Waals surface area contributed by atoms with Gasteiger partial charge < -0.3 is 5.32 Å². The van der Waals surface area contributed by atoms with Crippen LogP contribution in [0.25, 0.3) is 0 Å². The molecule has 2 aromatic carbocycles. The van der Waals surface area contributed by atoms with Crippen LogP contribution in [-0.2, 0) is 4.79 Å². The normalized spacial score (nSPS) is 13.1. The molecule has 0 aliphatic carbocycles. The van der Waals surface area contributed by atoms with Crippen molar-refractivity contribution in [2.45, 2.75) is 32.9 Å². The second kappa shape index (κ2) is 8.28. The number of nitrogens with one attached hydrogen (secondary N) is 2. The molecule has 0 bridgehead atoms. The van der Waals surface area contributed by atoms with Crippen LogP contribution < -0.4 is 10.6 Å². The van der Waals surface area contributed by atoms with E-state index in [0.717, 1.165) is 5.56 Å². The van der Waals surface area contributed by atoms with Gasteiger partial charge in [0.25, 0.3) is 0 Å². The van der Waals surface area contributed by atoms with Gasteiger partial charge in [0.15, 0.2) is 0 Å². The first-order valence-electron chi connectivity index (χ1n) is 8.14. The van der Waals surface area contributed by atoms with Crippen LogP contribution in [0, 0.1) is 17.2 Å². The van der Waals surface area contributed by atoms with Crippen LogP contribution in [0.15, 0.2) is 54.6 Å². The molecular formula is C20H23N3O. The van der Waals surface area contributed by atoms with Crippen molar-refractivity contribution in [1.82, 2.24) is 5.32 Å². The van der Waals surface area contributed by atoms with E-state index in [2.05, 4.69) is 42.7 Å². The first-order chi connectivity index (χ1) is 11.5. The molecule has 4 heteroatoms. The Morgan fingerprint density at radius 3 is 2.25 bits per heavy atom. The van der Waals surface area contributed by atoms with Crippen LogP contribution in [-0.4, -0.2) is 11.9 Å². The standard InChI is InChI=1S/C20H23N3O/c1-14(2)19(16-9-5-4-6-10-16)22-15(3)20(24)23-18-12-8-7-11-17(18)13-21/h4-12,14-15,19,22H,1-3H3,(H,23,24)/t15-,19+/m0/s1. The Morgan fingerprint density at radius 1 is 1.00 bits per heavy atom. The zero-order valence-corrected chi connectivity index (χ0v) is 14.3. The Morgan fingerprint density at radius 2 is 1.62 bits per heavy atom. The summed E-state index contributed by atoms with van der Waals surface area (Å²) in [6, 6.07) is 18.9. The molecule has 124 valence electrons. The van der Waals surface area contributed by atoms with Gasteiger partial charge in [-0.25, -0.2) is 0 Å². The predicted molar refractivity (Wildman–Crippen MR) is 96.4 cm³/mol. The number of amides is 1. The average molecular weight is 321 g/mol. The Bertz CT molecular complexity index is 719. The molecule has 0 aliphatic rings. The summed E-state index contributed by atoms with van der Waals surface area (Å²) in [5.41, 5.74) is 2.16. The highest BCUT2D eigenvalue weighted by molar-refractivity contribution is 5.95. The van der Waals surface area contributed by atoms with Gasteiger partial charge in [-0.05, 0) is 30.5 Å². The number of carbonyl (C=O) groups excluding carboxylic acids is 1. The molecule has 0 aromatic heterocycles. The molecule has 4 nitrogen and oxygen atoms in total. The highest BCUT2D eigenvalue weighted by atomic mass is 16.2. The van der Waals surface area contributed by atoms with Crippen molar-refractivity contribution < 1.29 is 4.79 Å². The predicted octanol–water partition coefficient (Wildman–Crippen LogP) is 3.87. The summed E-state index contributed by atoms with van der Waals surface area (Å²) >= 11 is 0. The third kappa shape index (κ3) is 4.43. The van der Waals surface area contributed by atoms with Crippen LogP contribution in [0.5, 0.6) is 0 Å². The molecule has 0 heterocycles. The molecule has 0 radical (unpaired) electrons. The van der Waals surface area contributed by atoms with Gasteiger partial charge in [-0.2, -0.15) is 5.26 Å². The highest BCUT2D eigenvalue weighted by Crippen LogP contribution is 2.22. The minimum absolute atomic E-state index is 0.0816. The molecule has 0 spiro atoms. The average Bonchev–Trinajstić information content (AvgIpc) is 2.60. The maximum absolute atomic E-state index is 12.5. The first kappa shape index (κ1) is 17.7. The molecule has 2 atom stereocenters. The molecule has 0 saturated heterocycles. The summed E-state index contributed by atoms with van der Waals surface area (Å²) in [6.07, 6.45) is 0. The third-order valence-corrected chi connectivity index (χ3v) is 3.95. The molecule has 0 aliphatic heterocycles. The van der Waals surface area contributed by atoms with Crippen molar-refractivity contribution in [1.29, 1.82) is 5.26 Å². The molecule has 2 N–H and O–H groups in total. The first-order valence-corrected chi connectivity index (χ1v) is 8.14. The third-order valence-electron chi connectivity index (χ3n) is 3.95. The molecule has 2 rings (SSSR count). The van der Waals surface area contributed by atoms with E-state index >= 15 is 0 Å². The summed E-state index contributed by atoms with van der Waals surface area (Å²) in [4.78, 5) is 12.5. The summed E-state index contributed by atoms with van der Waals surface area (Å²) < 4.78 is 0. The fraction of sp³-hybridized carbons (Fsp3) is 0.300. The number of nitrogens with zero attached hydrogens (tertiary/aromatic N) is 1. The second-order valence-electron chi connectivity index (χ2n) is 6.17. The van der Waals surface area contributed by atoms with E-state index in [1.807, 2.05) is 25.1 Å². The largest absolute Gasteiger partial charge is 0.324 e. The molecule has 2 aromatic rings. The zero-order chi connectivity index (χ0) is 17.5. The highest BCUT2D eigenvalue weighted by Gasteiger charge is 2.22. The lowest BCUT2D eigenvalue weighted by Gasteiger charge is -2.26. The Kier molecular flexibility index (Phi) is 6.11. The van der Waals surface area contributed by atoms with E-state index in [1.165, 1.54) is 0 Å². The number of para-hydroxylation sites is 1. The Hall–Kier alpha value is -2.64. The van der Waals surface area contributed by atoms with E-state index in [0.29, 0.717) is 17.2 Å². The van der Waals surface area contributed by atoms with Gasteiger partial charge >= 0.3 is 0 Å². The van der Waals surface area contributed by atoms with Crippen molar-refractivity contribution >= 4 is 11.6 Å². The van der Waals surface area contributed by atoms with Gasteiger partial charge in [-0.1, -0.05) is 56.3 Å². The number of hydrogen-bond acceptors (Lipinski definition) is 3. The maximum atomic E-state index is 12.5. The van der Waals surface area contributed by atoms with Crippen molar-refractivity contribution in [3.05, 3.63) is 65.7 Å². The van der Waals surface area contributed by atoms with E-state index in [4.69, 9.17) is 5.26 Å². The quantitative estimate of drug-likeness (QED) is 0.849. The lowest BCUT2D eigenvalue weighted by molar-refractivity contribution is -0.118. The SMILES string of the molecule is CC(C)[C@@H](N[C@@H](C)C(=O)Nc1ccccc1C#N)c1ccccc1. The van der Waals surface area contributed by atoms with Crippen LogP contribution >= 0.6 is 0 Å². The number of hydrogen-bond donors (Lipinski definition) is 2. The fourth-order valence-electron chi connectivity index (χ4n) is 2.61. The molecule has 0 saturated carbocycles. The fourth-order valence-corrected chi connectivity index (χ4v) is 2.61. The van der Waals surface area contributed by atoms with Crippen molar-refractivity contribution in [2.24, 2.45) is 5.92 Å².